The van der Waals surface area contributed by atoms with Gasteiger partial charge < -0.3 is 5.11 Å². The van der Waals surface area contributed by atoms with E-state index in [1.165, 1.54) is 10.6 Å². The molecule has 0 saturated heterocycles. The topological polar surface area (TPSA) is 57.6 Å². The number of benzene rings is 1. The largest absolute Gasteiger partial charge is 0.393 e. The predicted octanol–water partition coefficient (Wildman–Crippen LogP) is 1.92. The van der Waals surface area contributed by atoms with E-state index in [0.717, 1.165) is 5.56 Å². The van der Waals surface area contributed by atoms with Crippen molar-refractivity contribution in [3.8, 4) is 0 Å². The first-order valence-electron chi connectivity index (χ1n) is 6.07. The molecule has 0 aliphatic heterocycles. The van der Waals surface area contributed by atoms with Crippen LogP contribution in [0.25, 0.3) is 0 Å². The average Bonchev–Trinajstić information content (AvgIpc) is 2.29. The van der Waals surface area contributed by atoms with Crippen LogP contribution in [-0.4, -0.2) is 32.4 Å². The predicted molar refractivity (Wildman–Crippen MR) is 74.3 cm³/mol. The Morgan fingerprint density at radius 3 is 2.44 bits per heavy atom. The van der Waals surface area contributed by atoms with E-state index in [-0.39, 0.29) is 0 Å². The Bertz CT molecular complexity index is 485. The Morgan fingerprint density at radius 1 is 1.33 bits per heavy atom. The molecule has 0 heterocycles. The highest BCUT2D eigenvalue weighted by molar-refractivity contribution is 7.92. The summed E-state index contributed by atoms with van der Waals surface area (Å²) in [6, 6.07) is 7.36. The van der Waals surface area contributed by atoms with E-state index in [4.69, 9.17) is 0 Å². The second-order valence-electron chi connectivity index (χ2n) is 4.47. The molecule has 1 aromatic carbocycles. The van der Waals surface area contributed by atoms with Crippen LogP contribution in [0.3, 0.4) is 0 Å². The summed E-state index contributed by atoms with van der Waals surface area (Å²) in [5.41, 5.74) is 1.59. The molecule has 1 aromatic rings. The lowest BCUT2D eigenvalue weighted by Gasteiger charge is -2.25. The smallest absolute Gasteiger partial charge is 0.232 e. The summed E-state index contributed by atoms with van der Waals surface area (Å²) >= 11 is 0. The molecule has 5 heteroatoms. The number of rotatable bonds is 6. The zero-order valence-corrected chi connectivity index (χ0v) is 11.9. The highest BCUT2D eigenvalue weighted by atomic mass is 32.2. The summed E-state index contributed by atoms with van der Waals surface area (Å²) in [5.74, 6) is 0. The molecule has 0 spiro atoms. The molecule has 1 atom stereocenters. The molecule has 0 aromatic heterocycles. The molecule has 18 heavy (non-hydrogen) atoms. The molecule has 0 aliphatic rings. The monoisotopic (exact) mass is 271 g/mol. The summed E-state index contributed by atoms with van der Waals surface area (Å²) in [7, 11) is -3.32. The summed E-state index contributed by atoms with van der Waals surface area (Å²) in [6.07, 6.45) is 1.80. The zero-order valence-electron chi connectivity index (χ0n) is 11.1. The lowest BCUT2D eigenvalue weighted by atomic mass is 10.1. The fourth-order valence-corrected chi connectivity index (χ4v) is 2.78. The van der Waals surface area contributed by atoms with Crippen molar-refractivity contribution >= 4 is 15.7 Å². The first kappa shape index (κ1) is 15.0. The number of aryl methyl sites for hydroxylation is 1. The first-order valence-corrected chi connectivity index (χ1v) is 7.92. The van der Waals surface area contributed by atoms with Crippen LogP contribution in [0.15, 0.2) is 24.3 Å². The van der Waals surface area contributed by atoms with Gasteiger partial charge in [-0.3, -0.25) is 4.31 Å². The highest BCUT2D eigenvalue weighted by Gasteiger charge is 2.19. The van der Waals surface area contributed by atoms with Crippen molar-refractivity contribution in [1.82, 2.24) is 0 Å². The van der Waals surface area contributed by atoms with Crippen molar-refractivity contribution in [2.45, 2.75) is 32.8 Å². The van der Waals surface area contributed by atoms with Crippen LogP contribution in [0.4, 0.5) is 5.69 Å². The quantitative estimate of drug-likeness (QED) is 0.860. The normalized spacial score (nSPS) is 13.3. The van der Waals surface area contributed by atoms with E-state index in [9.17, 15) is 13.5 Å². The molecule has 4 nitrogen and oxygen atoms in total. The summed E-state index contributed by atoms with van der Waals surface area (Å²) < 4.78 is 25.0. The number of sulfonamides is 1. The van der Waals surface area contributed by atoms with Gasteiger partial charge in [0.15, 0.2) is 0 Å². The molecular weight excluding hydrogens is 250 g/mol. The van der Waals surface area contributed by atoms with Gasteiger partial charge in [-0.15, -0.1) is 0 Å². The van der Waals surface area contributed by atoms with Crippen molar-refractivity contribution in [3.05, 3.63) is 29.8 Å². The van der Waals surface area contributed by atoms with Gasteiger partial charge in [-0.1, -0.05) is 25.1 Å². The van der Waals surface area contributed by atoms with Crippen LogP contribution >= 0.6 is 0 Å². The van der Waals surface area contributed by atoms with Gasteiger partial charge in [-0.05, 0) is 31.4 Å². The molecule has 0 fully saturated rings. The van der Waals surface area contributed by atoms with E-state index in [1.807, 2.05) is 32.0 Å². The molecule has 0 aliphatic carbocycles. The Kier molecular flexibility index (Phi) is 5.16. The van der Waals surface area contributed by atoms with Crippen molar-refractivity contribution in [2.75, 3.05) is 17.1 Å². The maximum atomic E-state index is 11.8. The van der Waals surface area contributed by atoms with Gasteiger partial charge in [0.2, 0.25) is 10.0 Å². The number of para-hydroxylation sites is 1. The number of hydrogen-bond donors (Lipinski definition) is 1. The number of nitrogens with zero attached hydrogens (tertiary/aromatic N) is 1. The third kappa shape index (κ3) is 3.99. The second-order valence-corrected chi connectivity index (χ2v) is 6.38. The maximum absolute atomic E-state index is 11.8. The van der Waals surface area contributed by atoms with Crippen LogP contribution in [0.2, 0.25) is 0 Å². The Morgan fingerprint density at radius 2 is 1.94 bits per heavy atom. The molecule has 1 N–H and O–H groups in total. The van der Waals surface area contributed by atoms with Gasteiger partial charge in [0.05, 0.1) is 18.0 Å². The molecule has 1 rings (SSSR count). The van der Waals surface area contributed by atoms with E-state index < -0.39 is 16.1 Å². The van der Waals surface area contributed by atoms with E-state index in [1.54, 1.807) is 6.07 Å². The molecule has 0 saturated carbocycles. The maximum Gasteiger partial charge on any atom is 0.232 e. The van der Waals surface area contributed by atoms with Gasteiger partial charge in [-0.2, -0.15) is 0 Å². The highest BCUT2D eigenvalue weighted by Crippen LogP contribution is 2.22. The zero-order chi connectivity index (χ0) is 13.8. The lowest BCUT2D eigenvalue weighted by Crippen LogP contribution is -2.33. The number of aliphatic hydroxyl groups excluding tert-OH is 1. The van der Waals surface area contributed by atoms with Gasteiger partial charge in [0, 0.05) is 6.54 Å². The SMILES string of the molecule is CCC(O)CCN(c1ccccc1C)S(C)(=O)=O. The van der Waals surface area contributed by atoms with Crippen LogP contribution in [0, 0.1) is 6.92 Å². The summed E-state index contributed by atoms with van der Waals surface area (Å²) in [5, 5.41) is 9.57. The van der Waals surface area contributed by atoms with Gasteiger partial charge >= 0.3 is 0 Å². The fourth-order valence-electron chi connectivity index (χ4n) is 1.78. The van der Waals surface area contributed by atoms with E-state index >= 15 is 0 Å². The van der Waals surface area contributed by atoms with Gasteiger partial charge in [-0.25, -0.2) is 8.42 Å². The van der Waals surface area contributed by atoms with Crippen LogP contribution < -0.4 is 4.31 Å². The van der Waals surface area contributed by atoms with Crippen molar-refractivity contribution in [2.24, 2.45) is 0 Å². The van der Waals surface area contributed by atoms with Crippen LogP contribution in [0.5, 0.6) is 0 Å². The Labute approximate surface area is 109 Å². The van der Waals surface area contributed by atoms with Crippen molar-refractivity contribution in [3.63, 3.8) is 0 Å². The summed E-state index contributed by atoms with van der Waals surface area (Å²) in [4.78, 5) is 0. The molecule has 0 radical (unpaired) electrons. The summed E-state index contributed by atoms with van der Waals surface area (Å²) in [6.45, 7) is 4.06. The van der Waals surface area contributed by atoms with Gasteiger partial charge in [0.25, 0.3) is 0 Å². The molecule has 0 amide bonds. The third-order valence-electron chi connectivity index (χ3n) is 2.92. The molecule has 102 valence electrons. The standard InChI is InChI=1S/C13H21NO3S/c1-4-12(15)9-10-14(18(3,16)17)13-8-6-5-7-11(13)2/h5-8,12,15H,4,9-10H2,1-3H3. The molecular formula is C13H21NO3S. The minimum Gasteiger partial charge on any atom is -0.393 e. The minimum absolute atomic E-state index is 0.304. The molecule has 0 bridgehead atoms. The Hall–Kier alpha value is -1.07. The van der Waals surface area contributed by atoms with E-state index in [2.05, 4.69) is 0 Å². The first-order chi connectivity index (χ1) is 8.36. The Balaban J connectivity index is 2.97. The van der Waals surface area contributed by atoms with Crippen LogP contribution in [0.1, 0.15) is 25.3 Å². The minimum atomic E-state index is -3.32. The lowest BCUT2D eigenvalue weighted by molar-refractivity contribution is 0.163. The fraction of sp³-hybridized carbons (Fsp3) is 0.538. The molecule has 1 unspecified atom stereocenters. The second kappa shape index (κ2) is 6.20. The average molecular weight is 271 g/mol. The van der Waals surface area contributed by atoms with E-state index in [0.29, 0.717) is 25.1 Å². The number of aliphatic hydroxyl groups is 1. The van der Waals surface area contributed by atoms with Crippen LogP contribution in [-0.2, 0) is 10.0 Å². The van der Waals surface area contributed by atoms with Crippen molar-refractivity contribution in [1.29, 1.82) is 0 Å². The number of hydrogen-bond acceptors (Lipinski definition) is 3. The van der Waals surface area contributed by atoms with Gasteiger partial charge in [0.1, 0.15) is 0 Å². The third-order valence-corrected chi connectivity index (χ3v) is 4.10. The van der Waals surface area contributed by atoms with Crippen molar-refractivity contribution < 1.29 is 13.5 Å². The number of anilines is 1.